The second-order valence-electron chi connectivity index (χ2n) is 7.99. The average molecular weight is 492 g/mol. The number of fused-ring (bicyclic) bond motifs is 1. The number of sulfonamides is 1. The van der Waals surface area contributed by atoms with Crippen LogP contribution in [-0.2, 0) is 14.8 Å². The lowest BCUT2D eigenvalue weighted by Gasteiger charge is -2.23. The summed E-state index contributed by atoms with van der Waals surface area (Å²) in [6, 6.07) is 21.5. The normalized spacial score (nSPS) is 13.0. The second-order valence-corrected chi connectivity index (χ2v) is 9.85. The maximum Gasteiger partial charge on any atom is 0.264 e. The molecule has 1 N–H and O–H groups in total. The van der Waals surface area contributed by atoms with E-state index in [0.717, 1.165) is 4.90 Å². The molecule has 1 aliphatic rings. The Morgan fingerprint density at radius 1 is 0.857 bits per heavy atom. The average Bonchev–Trinajstić information content (AvgIpc) is 3.10. The zero-order chi connectivity index (χ0) is 25.0. The van der Waals surface area contributed by atoms with E-state index in [1.807, 2.05) is 6.07 Å². The molecular formula is C26H25N3O5S. The zero-order valence-corrected chi connectivity index (χ0v) is 20.0. The number of para-hydroxylation sites is 1. The number of hydrogen-bond donors (Lipinski definition) is 1. The Balaban J connectivity index is 1.33. The number of carbonyl (C=O) groups is 3. The minimum atomic E-state index is -3.75. The number of nitrogens with zero attached hydrogens (tertiary/aromatic N) is 2. The summed E-state index contributed by atoms with van der Waals surface area (Å²) in [5.41, 5.74) is 1.79. The van der Waals surface area contributed by atoms with E-state index in [2.05, 4.69) is 5.32 Å². The van der Waals surface area contributed by atoms with E-state index in [-0.39, 0.29) is 42.1 Å². The summed E-state index contributed by atoms with van der Waals surface area (Å²) >= 11 is 0. The number of rotatable bonds is 9. The van der Waals surface area contributed by atoms with Gasteiger partial charge < -0.3 is 5.32 Å². The summed E-state index contributed by atoms with van der Waals surface area (Å²) < 4.78 is 27.5. The van der Waals surface area contributed by atoms with Gasteiger partial charge in [0.25, 0.3) is 21.8 Å². The van der Waals surface area contributed by atoms with Gasteiger partial charge in [-0.3, -0.25) is 23.6 Å². The van der Waals surface area contributed by atoms with Crippen molar-refractivity contribution in [1.29, 1.82) is 0 Å². The van der Waals surface area contributed by atoms with Crippen molar-refractivity contribution < 1.29 is 22.8 Å². The third-order valence-electron chi connectivity index (χ3n) is 5.72. The van der Waals surface area contributed by atoms with Gasteiger partial charge in [-0.15, -0.1) is 0 Å². The Morgan fingerprint density at radius 3 is 2.00 bits per heavy atom. The Labute approximate surface area is 204 Å². The van der Waals surface area contributed by atoms with Gasteiger partial charge in [0.05, 0.1) is 21.7 Å². The van der Waals surface area contributed by atoms with Crippen LogP contribution in [0.15, 0.2) is 83.8 Å². The topological polar surface area (TPSA) is 104 Å². The van der Waals surface area contributed by atoms with E-state index in [9.17, 15) is 22.8 Å². The number of hydrogen-bond acceptors (Lipinski definition) is 5. The van der Waals surface area contributed by atoms with Crippen LogP contribution in [0.25, 0.3) is 0 Å². The van der Waals surface area contributed by atoms with E-state index >= 15 is 0 Å². The maximum absolute atomic E-state index is 13.1. The highest BCUT2D eigenvalue weighted by atomic mass is 32.2. The Hall–Kier alpha value is -3.98. The molecule has 4 rings (SSSR count). The molecule has 0 aliphatic carbocycles. The van der Waals surface area contributed by atoms with Crippen LogP contribution in [0.5, 0.6) is 0 Å². The molecule has 3 aromatic carbocycles. The maximum atomic E-state index is 13.1. The summed E-state index contributed by atoms with van der Waals surface area (Å²) in [5, 5.41) is 2.72. The number of amides is 3. The van der Waals surface area contributed by atoms with Crippen molar-refractivity contribution in [2.45, 2.75) is 24.7 Å². The van der Waals surface area contributed by atoms with Crippen LogP contribution in [0.3, 0.4) is 0 Å². The first-order valence-corrected chi connectivity index (χ1v) is 12.7. The van der Waals surface area contributed by atoms with Crippen LogP contribution < -0.4 is 9.62 Å². The minimum Gasteiger partial charge on any atom is -0.326 e. The highest BCUT2D eigenvalue weighted by Crippen LogP contribution is 2.25. The molecule has 3 amide bonds. The molecule has 0 unspecified atom stereocenters. The van der Waals surface area contributed by atoms with Gasteiger partial charge in [-0.2, -0.15) is 0 Å². The predicted octanol–water partition coefficient (Wildman–Crippen LogP) is 3.92. The quantitative estimate of drug-likeness (QED) is 0.457. The molecule has 0 aromatic heterocycles. The molecule has 9 heteroatoms. The summed E-state index contributed by atoms with van der Waals surface area (Å²) in [4.78, 5) is 38.4. The molecule has 0 fully saturated rings. The molecular weight excluding hydrogens is 466 g/mol. The zero-order valence-electron chi connectivity index (χ0n) is 19.2. The highest BCUT2D eigenvalue weighted by Gasteiger charge is 2.34. The minimum absolute atomic E-state index is 0.102. The first-order valence-electron chi connectivity index (χ1n) is 11.3. The van der Waals surface area contributed by atoms with Crippen molar-refractivity contribution >= 4 is 39.1 Å². The van der Waals surface area contributed by atoms with Crippen LogP contribution in [0.2, 0.25) is 0 Å². The standard InChI is InChI=1S/C26H25N3O5S/c1-2-29(20-9-4-3-5-10-20)35(33,34)21-16-14-19(15-17-21)27-24(30)13-8-18-28-25(31)22-11-6-7-12-23(22)26(28)32/h3-7,9-12,14-17H,2,8,13,18H2,1H3,(H,27,30). The van der Waals surface area contributed by atoms with Gasteiger partial charge in [-0.05, 0) is 61.9 Å². The van der Waals surface area contributed by atoms with Crippen molar-refractivity contribution in [3.8, 4) is 0 Å². The Morgan fingerprint density at radius 2 is 1.43 bits per heavy atom. The monoisotopic (exact) mass is 491 g/mol. The lowest BCUT2D eigenvalue weighted by molar-refractivity contribution is -0.116. The SMILES string of the molecule is CCN(c1ccccc1)S(=O)(=O)c1ccc(NC(=O)CCCN2C(=O)c3ccccc3C2=O)cc1. The van der Waals surface area contributed by atoms with Crippen molar-refractivity contribution in [2.75, 3.05) is 22.7 Å². The molecule has 3 aromatic rings. The smallest absolute Gasteiger partial charge is 0.264 e. The number of anilines is 2. The first kappa shape index (κ1) is 24.2. The predicted molar refractivity (Wildman–Crippen MR) is 133 cm³/mol. The lowest BCUT2D eigenvalue weighted by Crippen LogP contribution is -2.31. The molecule has 0 spiro atoms. The Bertz CT molecular complexity index is 1320. The third-order valence-corrected chi connectivity index (χ3v) is 7.64. The number of carbonyl (C=O) groups excluding carboxylic acids is 3. The summed E-state index contributed by atoms with van der Waals surface area (Å²) in [6.07, 6.45) is 0.414. The number of benzene rings is 3. The lowest BCUT2D eigenvalue weighted by atomic mass is 10.1. The van der Waals surface area contributed by atoms with E-state index < -0.39 is 10.0 Å². The number of nitrogens with one attached hydrogen (secondary N) is 1. The van der Waals surface area contributed by atoms with Crippen molar-refractivity contribution in [3.05, 3.63) is 90.0 Å². The molecule has 0 saturated carbocycles. The largest absolute Gasteiger partial charge is 0.326 e. The molecule has 0 saturated heterocycles. The summed E-state index contributed by atoms with van der Waals surface area (Å²) in [6.45, 7) is 2.18. The van der Waals surface area contributed by atoms with Gasteiger partial charge in [0.15, 0.2) is 0 Å². The second kappa shape index (κ2) is 10.1. The van der Waals surface area contributed by atoms with Gasteiger partial charge in [0.1, 0.15) is 0 Å². The molecule has 0 radical (unpaired) electrons. The summed E-state index contributed by atoms with van der Waals surface area (Å²) in [7, 11) is -3.75. The molecule has 8 nitrogen and oxygen atoms in total. The van der Waals surface area contributed by atoms with E-state index in [1.165, 1.54) is 28.6 Å². The van der Waals surface area contributed by atoms with Crippen molar-refractivity contribution in [1.82, 2.24) is 4.90 Å². The van der Waals surface area contributed by atoms with E-state index in [0.29, 0.717) is 28.9 Å². The highest BCUT2D eigenvalue weighted by molar-refractivity contribution is 7.92. The molecule has 1 aliphatic heterocycles. The van der Waals surface area contributed by atoms with Crippen LogP contribution in [-0.4, -0.2) is 44.1 Å². The molecule has 1 heterocycles. The first-order chi connectivity index (χ1) is 16.8. The fourth-order valence-electron chi connectivity index (χ4n) is 3.99. The fourth-order valence-corrected chi connectivity index (χ4v) is 5.46. The van der Waals surface area contributed by atoms with Crippen LogP contribution >= 0.6 is 0 Å². The third kappa shape index (κ3) is 4.95. The van der Waals surface area contributed by atoms with Gasteiger partial charge >= 0.3 is 0 Å². The summed E-state index contributed by atoms with van der Waals surface area (Å²) in [5.74, 6) is -0.990. The van der Waals surface area contributed by atoms with Crippen molar-refractivity contribution in [2.24, 2.45) is 0 Å². The molecule has 35 heavy (non-hydrogen) atoms. The van der Waals surface area contributed by atoms with Gasteiger partial charge in [-0.1, -0.05) is 30.3 Å². The van der Waals surface area contributed by atoms with Gasteiger partial charge in [0.2, 0.25) is 5.91 Å². The fraction of sp³-hybridized carbons (Fsp3) is 0.192. The number of imide groups is 1. The molecule has 180 valence electrons. The molecule has 0 bridgehead atoms. The van der Waals surface area contributed by atoms with Crippen molar-refractivity contribution in [3.63, 3.8) is 0 Å². The van der Waals surface area contributed by atoms with Gasteiger partial charge in [0, 0.05) is 25.2 Å². The van der Waals surface area contributed by atoms with E-state index in [4.69, 9.17) is 0 Å². The molecule has 0 atom stereocenters. The van der Waals surface area contributed by atoms with Crippen LogP contribution in [0, 0.1) is 0 Å². The van der Waals surface area contributed by atoms with Crippen LogP contribution in [0.1, 0.15) is 40.5 Å². The Kier molecular flexibility index (Phi) is 6.97. The van der Waals surface area contributed by atoms with Crippen LogP contribution in [0.4, 0.5) is 11.4 Å². The van der Waals surface area contributed by atoms with E-state index in [1.54, 1.807) is 55.5 Å². The van der Waals surface area contributed by atoms with Gasteiger partial charge in [-0.25, -0.2) is 8.42 Å².